The highest BCUT2D eigenvalue weighted by atomic mass is 79.9. The van der Waals surface area contributed by atoms with Crippen molar-refractivity contribution in [3.8, 4) is 11.1 Å². The molecule has 3 rings (SSSR count). The lowest BCUT2D eigenvalue weighted by atomic mass is 10.1. The van der Waals surface area contributed by atoms with Crippen LogP contribution in [0.15, 0.2) is 45.5 Å². The van der Waals surface area contributed by atoms with Crippen molar-refractivity contribution in [2.24, 2.45) is 0 Å². The van der Waals surface area contributed by atoms with Crippen LogP contribution in [0, 0.1) is 0 Å². The molecule has 112 valence electrons. The van der Waals surface area contributed by atoms with Crippen LogP contribution in [-0.2, 0) is 4.79 Å². The highest BCUT2D eigenvalue weighted by Gasteiger charge is 2.19. The molecule has 2 heterocycles. The Kier molecular flexibility index (Phi) is 4.46. The van der Waals surface area contributed by atoms with E-state index in [0.29, 0.717) is 5.03 Å². The van der Waals surface area contributed by atoms with E-state index in [1.807, 2.05) is 29.6 Å². The van der Waals surface area contributed by atoms with Gasteiger partial charge in [-0.25, -0.2) is 9.97 Å². The molecule has 22 heavy (non-hydrogen) atoms. The Balaban J connectivity index is 2.12. The third-order valence-electron chi connectivity index (χ3n) is 3.13. The molecule has 0 aliphatic heterocycles. The lowest BCUT2D eigenvalue weighted by Crippen LogP contribution is -2.11. The average Bonchev–Trinajstić information content (AvgIpc) is 2.93. The normalized spacial score (nSPS) is 12.5. The molecular weight excluding hydrogens is 384 g/mol. The molecule has 0 radical (unpaired) electrons. The van der Waals surface area contributed by atoms with E-state index in [1.165, 1.54) is 29.4 Å². The zero-order valence-electron chi connectivity index (χ0n) is 11.5. The Morgan fingerprint density at radius 3 is 2.73 bits per heavy atom. The number of aromatic nitrogens is 2. The molecule has 7 heteroatoms. The number of hydrogen-bond donors (Lipinski definition) is 1. The maximum absolute atomic E-state index is 11.1. The topological polar surface area (TPSA) is 63.1 Å². The fourth-order valence-corrected chi connectivity index (χ4v) is 4.11. The molecule has 3 aromatic rings. The highest BCUT2D eigenvalue weighted by Crippen LogP contribution is 2.39. The van der Waals surface area contributed by atoms with Gasteiger partial charge in [-0.2, -0.15) is 0 Å². The summed E-state index contributed by atoms with van der Waals surface area (Å²) in [5.41, 5.74) is 2.10. The van der Waals surface area contributed by atoms with E-state index < -0.39 is 11.2 Å². The standard InChI is InChI=1S/C15H11BrN2O2S2/c1-8(15(19)20)22-14-12-11(6-21-13(12)17-7-18-14)9-2-4-10(16)5-3-9/h2-8H,1H3,(H,19,20)/t8-/m0/s1. The highest BCUT2D eigenvalue weighted by molar-refractivity contribution is 9.10. The molecule has 0 spiro atoms. The molecule has 0 fully saturated rings. The second-order valence-corrected chi connectivity index (χ2v) is 7.72. The Bertz CT molecular complexity index is 833. The van der Waals surface area contributed by atoms with Crippen molar-refractivity contribution in [2.45, 2.75) is 17.2 Å². The summed E-state index contributed by atoms with van der Waals surface area (Å²) in [6.45, 7) is 1.66. The quantitative estimate of drug-likeness (QED) is 0.513. The Hall–Kier alpha value is -1.44. The number of carbonyl (C=O) groups is 1. The number of benzene rings is 1. The first-order valence-electron chi connectivity index (χ1n) is 6.44. The molecule has 0 aliphatic carbocycles. The van der Waals surface area contributed by atoms with Crippen molar-refractivity contribution in [2.75, 3.05) is 0 Å². The lowest BCUT2D eigenvalue weighted by molar-refractivity contribution is -0.136. The van der Waals surface area contributed by atoms with Crippen LogP contribution >= 0.6 is 39.0 Å². The van der Waals surface area contributed by atoms with Crippen LogP contribution < -0.4 is 0 Å². The number of rotatable bonds is 4. The minimum absolute atomic E-state index is 0.559. The third kappa shape index (κ3) is 3.02. The maximum atomic E-state index is 11.1. The summed E-state index contributed by atoms with van der Waals surface area (Å²) >= 11 is 6.21. The fourth-order valence-electron chi connectivity index (χ4n) is 2.00. The molecule has 4 nitrogen and oxygen atoms in total. The molecule has 1 N–H and O–H groups in total. The van der Waals surface area contributed by atoms with E-state index in [4.69, 9.17) is 5.11 Å². The summed E-state index contributed by atoms with van der Waals surface area (Å²) in [5, 5.41) is 12.2. The molecular formula is C15H11BrN2O2S2. The first-order chi connectivity index (χ1) is 10.6. The number of hydrogen-bond acceptors (Lipinski definition) is 5. The molecule has 0 saturated heterocycles. The van der Waals surface area contributed by atoms with E-state index in [-0.39, 0.29) is 0 Å². The molecule has 0 saturated carbocycles. The van der Waals surface area contributed by atoms with Crippen molar-refractivity contribution in [3.05, 3.63) is 40.4 Å². The second-order valence-electron chi connectivity index (χ2n) is 4.61. The Labute approximate surface area is 143 Å². The van der Waals surface area contributed by atoms with Gasteiger partial charge in [-0.15, -0.1) is 11.3 Å². The van der Waals surface area contributed by atoms with Gasteiger partial charge in [-0.05, 0) is 24.6 Å². The number of halogens is 1. The van der Waals surface area contributed by atoms with Crippen LogP contribution in [0.3, 0.4) is 0 Å². The van der Waals surface area contributed by atoms with E-state index in [0.717, 1.165) is 25.8 Å². The Morgan fingerprint density at radius 2 is 2.05 bits per heavy atom. The van der Waals surface area contributed by atoms with Gasteiger partial charge in [0.05, 0.1) is 5.39 Å². The molecule has 1 atom stereocenters. The van der Waals surface area contributed by atoms with E-state index in [9.17, 15) is 4.79 Å². The van der Waals surface area contributed by atoms with E-state index in [2.05, 4.69) is 25.9 Å². The predicted octanol–water partition coefficient (Wildman–Crippen LogP) is 4.69. The third-order valence-corrected chi connectivity index (χ3v) is 5.63. The summed E-state index contributed by atoms with van der Waals surface area (Å²) in [5.74, 6) is -0.850. The number of nitrogens with zero attached hydrogens (tertiary/aromatic N) is 2. The first-order valence-corrected chi connectivity index (χ1v) is 8.99. The number of fused-ring (bicyclic) bond motifs is 1. The van der Waals surface area contributed by atoms with Crippen molar-refractivity contribution < 1.29 is 9.90 Å². The van der Waals surface area contributed by atoms with Crippen molar-refractivity contribution in [1.82, 2.24) is 9.97 Å². The van der Waals surface area contributed by atoms with Gasteiger partial charge < -0.3 is 5.11 Å². The van der Waals surface area contributed by atoms with Crippen LogP contribution in [0.5, 0.6) is 0 Å². The fraction of sp³-hybridized carbons (Fsp3) is 0.133. The molecule has 1 aromatic carbocycles. The van der Waals surface area contributed by atoms with Gasteiger partial charge in [0.25, 0.3) is 0 Å². The van der Waals surface area contributed by atoms with Gasteiger partial charge in [0, 0.05) is 15.4 Å². The monoisotopic (exact) mass is 394 g/mol. The zero-order valence-corrected chi connectivity index (χ0v) is 14.7. The number of carboxylic acid groups (broad SMARTS) is 1. The average molecular weight is 395 g/mol. The molecule has 2 aromatic heterocycles. The summed E-state index contributed by atoms with van der Waals surface area (Å²) < 4.78 is 1.01. The van der Waals surface area contributed by atoms with Crippen LogP contribution in [0.25, 0.3) is 21.3 Å². The summed E-state index contributed by atoms with van der Waals surface area (Å²) in [7, 11) is 0. The van der Waals surface area contributed by atoms with E-state index in [1.54, 1.807) is 6.92 Å². The van der Waals surface area contributed by atoms with Crippen molar-refractivity contribution in [1.29, 1.82) is 0 Å². The summed E-state index contributed by atoms with van der Waals surface area (Å²) in [4.78, 5) is 20.6. The molecule has 0 unspecified atom stereocenters. The largest absolute Gasteiger partial charge is 0.480 e. The Morgan fingerprint density at radius 1 is 1.32 bits per heavy atom. The van der Waals surface area contributed by atoms with Gasteiger partial charge in [-0.1, -0.05) is 39.8 Å². The van der Waals surface area contributed by atoms with Gasteiger partial charge in [0.2, 0.25) is 0 Å². The van der Waals surface area contributed by atoms with Crippen LogP contribution in [-0.4, -0.2) is 26.3 Å². The maximum Gasteiger partial charge on any atom is 0.316 e. The minimum atomic E-state index is -0.850. The van der Waals surface area contributed by atoms with Gasteiger partial charge in [-0.3, -0.25) is 4.79 Å². The molecule has 0 amide bonds. The van der Waals surface area contributed by atoms with Crippen molar-refractivity contribution in [3.63, 3.8) is 0 Å². The SMILES string of the molecule is C[C@H](Sc1ncnc2scc(-c3ccc(Br)cc3)c12)C(=O)O. The predicted molar refractivity (Wildman–Crippen MR) is 93.5 cm³/mol. The molecule has 0 bridgehead atoms. The van der Waals surface area contributed by atoms with Gasteiger partial charge in [0.15, 0.2) is 0 Å². The van der Waals surface area contributed by atoms with Crippen molar-refractivity contribution >= 4 is 55.2 Å². The number of thiophene rings is 1. The van der Waals surface area contributed by atoms with Crippen LogP contribution in [0.2, 0.25) is 0 Å². The second kappa shape index (κ2) is 6.36. The zero-order chi connectivity index (χ0) is 15.7. The molecule has 0 aliphatic rings. The lowest BCUT2D eigenvalue weighted by Gasteiger charge is -2.08. The van der Waals surface area contributed by atoms with Crippen LogP contribution in [0.4, 0.5) is 0 Å². The number of thioether (sulfide) groups is 1. The summed E-state index contributed by atoms with van der Waals surface area (Å²) in [6.07, 6.45) is 1.49. The minimum Gasteiger partial charge on any atom is -0.480 e. The first kappa shape index (κ1) is 15.5. The van der Waals surface area contributed by atoms with E-state index >= 15 is 0 Å². The van der Waals surface area contributed by atoms with Gasteiger partial charge in [0.1, 0.15) is 21.4 Å². The number of carboxylic acids is 1. The number of aliphatic carboxylic acids is 1. The van der Waals surface area contributed by atoms with Gasteiger partial charge >= 0.3 is 5.97 Å². The smallest absolute Gasteiger partial charge is 0.316 e. The summed E-state index contributed by atoms with van der Waals surface area (Å²) in [6, 6.07) is 8.01. The van der Waals surface area contributed by atoms with Crippen LogP contribution in [0.1, 0.15) is 6.92 Å².